The van der Waals surface area contributed by atoms with E-state index in [2.05, 4.69) is 51.8 Å². The first-order chi connectivity index (χ1) is 7.80. The smallest absolute Gasteiger partial charge is 0.0243 e. The summed E-state index contributed by atoms with van der Waals surface area (Å²) in [7, 11) is 0. The Bertz CT molecular complexity index is 217. The predicted octanol–water partition coefficient (Wildman–Crippen LogP) is 2.99. The largest absolute Gasteiger partial charge is 0.312 e. The van der Waals surface area contributed by atoms with E-state index in [-0.39, 0.29) is 0 Å². The van der Waals surface area contributed by atoms with Crippen molar-refractivity contribution in [2.75, 3.05) is 26.2 Å². The standard InChI is InChI=1S/C15H32N2/c1-12(2)13(3)10-17-9-7-8-16-14(11-17)15(4,5)6/h12-14,16H,7-11H2,1-6H3. The first-order valence-electron chi connectivity index (χ1n) is 7.26. The highest BCUT2D eigenvalue weighted by Crippen LogP contribution is 2.22. The van der Waals surface area contributed by atoms with Crippen molar-refractivity contribution in [1.82, 2.24) is 10.2 Å². The van der Waals surface area contributed by atoms with Crippen LogP contribution in [-0.4, -0.2) is 37.1 Å². The van der Waals surface area contributed by atoms with Gasteiger partial charge in [-0.3, -0.25) is 0 Å². The summed E-state index contributed by atoms with van der Waals surface area (Å²) in [5, 5.41) is 3.71. The Kier molecular flexibility index (Phi) is 5.46. The van der Waals surface area contributed by atoms with E-state index in [9.17, 15) is 0 Å². The lowest BCUT2D eigenvalue weighted by Crippen LogP contribution is -2.47. The Hall–Kier alpha value is -0.0800. The van der Waals surface area contributed by atoms with Crippen LogP contribution >= 0.6 is 0 Å². The fourth-order valence-electron chi connectivity index (χ4n) is 2.36. The lowest BCUT2D eigenvalue weighted by molar-refractivity contribution is 0.168. The summed E-state index contributed by atoms with van der Waals surface area (Å²) in [5.74, 6) is 1.59. The molecular weight excluding hydrogens is 208 g/mol. The van der Waals surface area contributed by atoms with Gasteiger partial charge in [0.1, 0.15) is 0 Å². The van der Waals surface area contributed by atoms with Crippen molar-refractivity contribution in [3.8, 4) is 0 Å². The monoisotopic (exact) mass is 240 g/mol. The molecule has 0 aromatic rings. The zero-order valence-corrected chi connectivity index (χ0v) is 12.7. The molecule has 1 fully saturated rings. The Labute approximate surface area is 108 Å². The minimum absolute atomic E-state index is 0.365. The van der Waals surface area contributed by atoms with Crippen LogP contribution in [0.2, 0.25) is 0 Å². The molecule has 0 amide bonds. The van der Waals surface area contributed by atoms with Crippen LogP contribution in [0, 0.1) is 17.3 Å². The van der Waals surface area contributed by atoms with Gasteiger partial charge in [-0.1, -0.05) is 41.5 Å². The van der Waals surface area contributed by atoms with Crippen LogP contribution in [0.1, 0.15) is 48.0 Å². The molecule has 2 heteroatoms. The zero-order chi connectivity index (χ0) is 13.1. The molecule has 0 aromatic carbocycles. The van der Waals surface area contributed by atoms with Crippen molar-refractivity contribution in [3.05, 3.63) is 0 Å². The van der Waals surface area contributed by atoms with Crippen LogP contribution < -0.4 is 5.32 Å². The van der Waals surface area contributed by atoms with Crippen LogP contribution in [0.5, 0.6) is 0 Å². The SMILES string of the molecule is CC(C)C(C)CN1CCCNC(C(C)(C)C)C1. The molecule has 1 aliphatic rings. The highest BCUT2D eigenvalue weighted by atomic mass is 15.2. The molecular formula is C15H32N2. The summed E-state index contributed by atoms with van der Waals surface area (Å²) in [4.78, 5) is 2.67. The van der Waals surface area contributed by atoms with Crippen LogP contribution in [0.25, 0.3) is 0 Å². The second kappa shape index (κ2) is 6.19. The van der Waals surface area contributed by atoms with Gasteiger partial charge in [0.15, 0.2) is 0 Å². The Morgan fingerprint density at radius 1 is 1.24 bits per heavy atom. The van der Waals surface area contributed by atoms with Crippen molar-refractivity contribution in [2.24, 2.45) is 17.3 Å². The summed E-state index contributed by atoms with van der Waals surface area (Å²) < 4.78 is 0. The third-order valence-electron chi connectivity index (χ3n) is 4.21. The lowest BCUT2D eigenvalue weighted by atomic mass is 9.86. The molecule has 0 spiro atoms. The number of nitrogens with zero attached hydrogens (tertiary/aromatic N) is 1. The van der Waals surface area contributed by atoms with Crippen molar-refractivity contribution < 1.29 is 0 Å². The van der Waals surface area contributed by atoms with E-state index in [1.807, 2.05) is 0 Å². The summed E-state index contributed by atoms with van der Waals surface area (Å²) >= 11 is 0. The van der Waals surface area contributed by atoms with Crippen molar-refractivity contribution in [1.29, 1.82) is 0 Å². The highest BCUT2D eigenvalue weighted by molar-refractivity contribution is 4.86. The average Bonchev–Trinajstić information content (AvgIpc) is 2.42. The normalized spacial score (nSPS) is 25.9. The van der Waals surface area contributed by atoms with Gasteiger partial charge in [-0.2, -0.15) is 0 Å². The molecule has 0 bridgehead atoms. The Morgan fingerprint density at radius 2 is 1.88 bits per heavy atom. The fourth-order valence-corrected chi connectivity index (χ4v) is 2.36. The number of hydrogen-bond donors (Lipinski definition) is 1. The quantitative estimate of drug-likeness (QED) is 0.816. The van der Waals surface area contributed by atoms with Gasteiger partial charge in [0, 0.05) is 19.1 Å². The summed E-state index contributed by atoms with van der Waals surface area (Å²) in [5.41, 5.74) is 0.365. The van der Waals surface area contributed by atoms with Crippen LogP contribution in [0.3, 0.4) is 0 Å². The van der Waals surface area contributed by atoms with E-state index < -0.39 is 0 Å². The van der Waals surface area contributed by atoms with Crippen molar-refractivity contribution in [2.45, 2.75) is 54.0 Å². The molecule has 0 saturated carbocycles. The molecule has 1 rings (SSSR count). The second-order valence-electron chi connectivity index (χ2n) is 7.21. The minimum Gasteiger partial charge on any atom is -0.312 e. The summed E-state index contributed by atoms with van der Waals surface area (Å²) in [6.07, 6.45) is 1.29. The lowest BCUT2D eigenvalue weighted by Gasteiger charge is -2.35. The van der Waals surface area contributed by atoms with Gasteiger partial charge in [-0.15, -0.1) is 0 Å². The van der Waals surface area contributed by atoms with Gasteiger partial charge < -0.3 is 10.2 Å². The first-order valence-corrected chi connectivity index (χ1v) is 7.26. The number of hydrogen-bond acceptors (Lipinski definition) is 2. The highest BCUT2D eigenvalue weighted by Gasteiger charge is 2.28. The molecule has 2 atom stereocenters. The summed E-state index contributed by atoms with van der Waals surface area (Å²) in [6, 6.07) is 0.629. The maximum atomic E-state index is 3.71. The molecule has 0 aliphatic carbocycles. The van der Waals surface area contributed by atoms with Crippen molar-refractivity contribution >= 4 is 0 Å². The molecule has 1 heterocycles. The number of nitrogens with one attached hydrogen (secondary N) is 1. The van der Waals surface area contributed by atoms with E-state index >= 15 is 0 Å². The van der Waals surface area contributed by atoms with Crippen LogP contribution in [0.4, 0.5) is 0 Å². The molecule has 1 N–H and O–H groups in total. The second-order valence-corrected chi connectivity index (χ2v) is 7.21. The van der Waals surface area contributed by atoms with Gasteiger partial charge in [-0.25, -0.2) is 0 Å². The van der Waals surface area contributed by atoms with Crippen LogP contribution in [0.15, 0.2) is 0 Å². The van der Waals surface area contributed by atoms with Gasteiger partial charge in [0.05, 0.1) is 0 Å². The Balaban J connectivity index is 2.54. The third kappa shape index (κ3) is 4.97. The third-order valence-corrected chi connectivity index (χ3v) is 4.21. The average molecular weight is 240 g/mol. The van der Waals surface area contributed by atoms with Crippen molar-refractivity contribution in [3.63, 3.8) is 0 Å². The molecule has 0 aromatic heterocycles. The summed E-state index contributed by atoms with van der Waals surface area (Å²) in [6.45, 7) is 19.0. The molecule has 0 radical (unpaired) electrons. The maximum absolute atomic E-state index is 3.71. The van der Waals surface area contributed by atoms with Gasteiger partial charge >= 0.3 is 0 Å². The van der Waals surface area contributed by atoms with Gasteiger partial charge in [0.25, 0.3) is 0 Å². The minimum atomic E-state index is 0.365. The van der Waals surface area contributed by atoms with E-state index in [0.717, 1.165) is 11.8 Å². The fraction of sp³-hybridized carbons (Fsp3) is 1.00. The van der Waals surface area contributed by atoms with Crippen LogP contribution in [-0.2, 0) is 0 Å². The maximum Gasteiger partial charge on any atom is 0.0243 e. The number of rotatable bonds is 3. The first kappa shape index (κ1) is 15.0. The Morgan fingerprint density at radius 3 is 2.41 bits per heavy atom. The van der Waals surface area contributed by atoms with Gasteiger partial charge in [0.2, 0.25) is 0 Å². The van der Waals surface area contributed by atoms with E-state index in [4.69, 9.17) is 0 Å². The molecule has 1 saturated heterocycles. The van der Waals surface area contributed by atoms with E-state index in [1.165, 1.54) is 32.6 Å². The van der Waals surface area contributed by atoms with E-state index in [0.29, 0.717) is 11.5 Å². The van der Waals surface area contributed by atoms with Gasteiger partial charge in [-0.05, 0) is 36.8 Å². The predicted molar refractivity (Wildman–Crippen MR) is 76.3 cm³/mol. The molecule has 2 nitrogen and oxygen atoms in total. The molecule has 2 unspecified atom stereocenters. The topological polar surface area (TPSA) is 15.3 Å². The molecule has 17 heavy (non-hydrogen) atoms. The van der Waals surface area contributed by atoms with E-state index in [1.54, 1.807) is 0 Å². The molecule has 1 aliphatic heterocycles. The molecule has 102 valence electrons. The zero-order valence-electron chi connectivity index (χ0n) is 12.7.